The van der Waals surface area contributed by atoms with Gasteiger partial charge in [-0.25, -0.2) is 4.98 Å². The number of aromatic nitrogens is 3. The monoisotopic (exact) mass is 346 g/mol. The molecule has 0 fully saturated rings. The van der Waals surface area contributed by atoms with Crippen molar-refractivity contribution in [3.63, 3.8) is 0 Å². The number of ether oxygens (including phenoxy) is 1. The molecule has 0 radical (unpaired) electrons. The Hall–Kier alpha value is -1.92. The van der Waals surface area contributed by atoms with E-state index in [1.54, 1.807) is 19.5 Å². The third kappa shape index (κ3) is 2.91. The molecule has 0 saturated carbocycles. The number of imidazole rings is 1. The summed E-state index contributed by atoms with van der Waals surface area (Å²) in [5.41, 5.74) is 2.78. The lowest BCUT2D eigenvalue weighted by Gasteiger charge is -2.08. The van der Waals surface area contributed by atoms with Gasteiger partial charge in [0.25, 0.3) is 0 Å². The van der Waals surface area contributed by atoms with Gasteiger partial charge in [-0.1, -0.05) is 28.1 Å². The van der Waals surface area contributed by atoms with Crippen molar-refractivity contribution in [2.75, 3.05) is 25.6 Å². The van der Waals surface area contributed by atoms with E-state index in [-0.39, 0.29) is 0 Å². The second-order valence-electron chi connectivity index (χ2n) is 4.54. The molecular weight excluding hydrogens is 332 g/mol. The predicted octanol–water partition coefficient (Wildman–Crippen LogP) is 3.22. The second-order valence-corrected chi connectivity index (χ2v) is 5.46. The summed E-state index contributed by atoms with van der Waals surface area (Å²) in [7, 11) is 1.69. The lowest BCUT2D eigenvalue weighted by atomic mass is 10.1. The van der Waals surface area contributed by atoms with Crippen LogP contribution in [0.5, 0.6) is 0 Å². The minimum atomic E-state index is 0.637. The van der Waals surface area contributed by atoms with E-state index >= 15 is 0 Å². The number of benzene rings is 1. The fraction of sp³-hybridized carbons (Fsp3) is 0.200. The summed E-state index contributed by atoms with van der Waals surface area (Å²) in [6.07, 6.45) is 5.41. The van der Waals surface area contributed by atoms with Crippen LogP contribution >= 0.6 is 15.9 Å². The van der Waals surface area contributed by atoms with Gasteiger partial charge in [0.1, 0.15) is 11.5 Å². The Morgan fingerprint density at radius 3 is 2.86 bits per heavy atom. The van der Waals surface area contributed by atoms with E-state index < -0.39 is 0 Å². The van der Waals surface area contributed by atoms with Crippen molar-refractivity contribution in [1.82, 2.24) is 14.4 Å². The smallest absolute Gasteiger partial charge is 0.157 e. The van der Waals surface area contributed by atoms with E-state index in [0.717, 1.165) is 33.7 Å². The molecule has 0 aliphatic carbocycles. The predicted molar refractivity (Wildman–Crippen MR) is 86.5 cm³/mol. The summed E-state index contributed by atoms with van der Waals surface area (Å²) in [6.45, 7) is 1.36. The highest BCUT2D eigenvalue weighted by Crippen LogP contribution is 2.29. The highest BCUT2D eigenvalue weighted by atomic mass is 79.9. The van der Waals surface area contributed by atoms with Crippen LogP contribution in [0.25, 0.3) is 16.9 Å². The zero-order valence-electron chi connectivity index (χ0n) is 11.6. The molecule has 3 aromatic rings. The highest BCUT2D eigenvalue weighted by Gasteiger charge is 2.13. The average molecular weight is 347 g/mol. The van der Waals surface area contributed by atoms with E-state index in [0.29, 0.717) is 6.61 Å². The zero-order valence-corrected chi connectivity index (χ0v) is 13.2. The number of fused-ring (bicyclic) bond motifs is 1. The van der Waals surface area contributed by atoms with Crippen molar-refractivity contribution in [3.8, 4) is 11.3 Å². The molecule has 0 aliphatic heterocycles. The first-order valence-electron chi connectivity index (χ1n) is 6.60. The van der Waals surface area contributed by atoms with Gasteiger partial charge in [0, 0.05) is 36.1 Å². The summed E-state index contributed by atoms with van der Waals surface area (Å²) in [5, 5.41) is 3.39. The summed E-state index contributed by atoms with van der Waals surface area (Å²) in [6, 6.07) is 8.11. The minimum Gasteiger partial charge on any atom is -0.383 e. The molecule has 0 bridgehead atoms. The van der Waals surface area contributed by atoms with Crippen molar-refractivity contribution < 1.29 is 4.74 Å². The summed E-state index contributed by atoms with van der Waals surface area (Å²) >= 11 is 3.45. The maximum Gasteiger partial charge on any atom is 0.157 e. The van der Waals surface area contributed by atoms with Crippen molar-refractivity contribution >= 4 is 27.4 Å². The van der Waals surface area contributed by atoms with Crippen LogP contribution in [-0.4, -0.2) is 34.6 Å². The molecular formula is C15H15BrN4O. The zero-order chi connectivity index (χ0) is 14.7. The fourth-order valence-corrected chi connectivity index (χ4v) is 2.42. The molecule has 0 aliphatic rings. The van der Waals surface area contributed by atoms with Crippen LogP contribution in [0.15, 0.2) is 47.3 Å². The topological polar surface area (TPSA) is 51.5 Å². The van der Waals surface area contributed by atoms with Crippen molar-refractivity contribution in [3.05, 3.63) is 47.3 Å². The Morgan fingerprint density at radius 2 is 2.10 bits per heavy atom. The molecule has 5 nitrogen and oxygen atoms in total. The number of nitrogens with one attached hydrogen (secondary N) is 1. The Kier molecular flexibility index (Phi) is 4.17. The number of methoxy groups -OCH3 is 1. The molecule has 21 heavy (non-hydrogen) atoms. The fourth-order valence-electron chi connectivity index (χ4n) is 2.16. The van der Waals surface area contributed by atoms with E-state index in [1.165, 1.54) is 0 Å². The van der Waals surface area contributed by atoms with E-state index in [9.17, 15) is 0 Å². The lowest BCUT2D eigenvalue weighted by molar-refractivity contribution is 0.210. The molecule has 0 unspecified atom stereocenters. The van der Waals surface area contributed by atoms with Crippen LogP contribution in [0.4, 0.5) is 5.82 Å². The number of anilines is 1. The molecule has 108 valence electrons. The number of hydrogen-bond acceptors (Lipinski definition) is 4. The lowest BCUT2D eigenvalue weighted by Crippen LogP contribution is -2.10. The third-order valence-corrected chi connectivity index (χ3v) is 3.68. The van der Waals surface area contributed by atoms with Gasteiger partial charge in [-0.05, 0) is 12.1 Å². The van der Waals surface area contributed by atoms with Crippen molar-refractivity contribution in [1.29, 1.82) is 0 Å². The standard InChI is InChI=1S/C15H15BrN4O/c1-21-9-7-18-15-14(11-2-4-12(16)5-3-11)19-13-10-17-6-8-20(13)15/h2-6,8,10,18H,7,9H2,1H3. The SMILES string of the molecule is COCCNc1c(-c2ccc(Br)cc2)nc2cnccn12. The van der Waals surface area contributed by atoms with Gasteiger partial charge in [-0.15, -0.1) is 0 Å². The molecule has 0 saturated heterocycles. The third-order valence-electron chi connectivity index (χ3n) is 3.15. The van der Waals surface area contributed by atoms with Gasteiger partial charge in [0.15, 0.2) is 5.65 Å². The first-order chi connectivity index (χ1) is 10.3. The molecule has 2 aromatic heterocycles. The average Bonchev–Trinajstić information content (AvgIpc) is 2.87. The van der Waals surface area contributed by atoms with Crippen LogP contribution < -0.4 is 5.32 Å². The van der Waals surface area contributed by atoms with Gasteiger partial charge in [0.2, 0.25) is 0 Å². The van der Waals surface area contributed by atoms with Crippen molar-refractivity contribution in [2.45, 2.75) is 0 Å². The molecule has 0 spiro atoms. The van der Waals surface area contributed by atoms with Crippen LogP contribution in [0.2, 0.25) is 0 Å². The maximum absolute atomic E-state index is 5.10. The Morgan fingerprint density at radius 1 is 1.29 bits per heavy atom. The van der Waals surface area contributed by atoms with Gasteiger partial charge >= 0.3 is 0 Å². The molecule has 1 N–H and O–H groups in total. The molecule has 0 atom stereocenters. The second kappa shape index (κ2) is 6.24. The number of nitrogens with zero attached hydrogens (tertiary/aromatic N) is 3. The largest absolute Gasteiger partial charge is 0.383 e. The van der Waals surface area contributed by atoms with E-state index in [4.69, 9.17) is 4.74 Å². The van der Waals surface area contributed by atoms with Gasteiger partial charge < -0.3 is 10.1 Å². The van der Waals surface area contributed by atoms with Gasteiger partial charge in [0.05, 0.1) is 12.8 Å². The molecule has 0 amide bonds. The molecule has 1 aromatic carbocycles. The normalized spacial score (nSPS) is 11.0. The molecule has 6 heteroatoms. The van der Waals surface area contributed by atoms with Crippen LogP contribution in [0.3, 0.4) is 0 Å². The number of hydrogen-bond donors (Lipinski definition) is 1. The summed E-state index contributed by atoms with van der Waals surface area (Å²) in [4.78, 5) is 8.80. The minimum absolute atomic E-state index is 0.637. The Labute approximate surface area is 131 Å². The Balaban J connectivity index is 2.07. The summed E-state index contributed by atoms with van der Waals surface area (Å²) in [5.74, 6) is 0.951. The van der Waals surface area contributed by atoms with Gasteiger partial charge in [-0.3, -0.25) is 9.38 Å². The first kappa shape index (κ1) is 14.0. The molecule has 3 rings (SSSR count). The first-order valence-corrected chi connectivity index (χ1v) is 7.39. The van der Waals surface area contributed by atoms with Crippen LogP contribution in [0.1, 0.15) is 0 Å². The van der Waals surface area contributed by atoms with Crippen LogP contribution in [0, 0.1) is 0 Å². The summed E-state index contributed by atoms with van der Waals surface area (Å²) < 4.78 is 8.15. The quantitative estimate of drug-likeness (QED) is 0.720. The van der Waals surface area contributed by atoms with Gasteiger partial charge in [-0.2, -0.15) is 0 Å². The molecule has 2 heterocycles. The van der Waals surface area contributed by atoms with E-state index in [1.807, 2.05) is 34.9 Å². The van der Waals surface area contributed by atoms with E-state index in [2.05, 4.69) is 31.2 Å². The van der Waals surface area contributed by atoms with Crippen LogP contribution in [-0.2, 0) is 4.74 Å². The highest BCUT2D eigenvalue weighted by molar-refractivity contribution is 9.10. The maximum atomic E-state index is 5.10. The Bertz CT molecular complexity index is 739. The number of halogens is 1. The number of rotatable bonds is 5. The van der Waals surface area contributed by atoms with Crippen molar-refractivity contribution in [2.24, 2.45) is 0 Å².